The summed E-state index contributed by atoms with van der Waals surface area (Å²) in [7, 11) is -3.61. The molecule has 0 bridgehead atoms. The predicted octanol–water partition coefficient (Wildman–Crippen LogP) is 2.92. The van der Waals surface area contributed by atoms with Crippen LogP contribution in [0.15, 0.2) is 30.5 Å². The van der Waals surface area contributed by atoms with Gasteiger partial charge in [0, 0.05) is 35.9 Å². The molecule has 0 saturated carbocycles. The first-order chi connectivity index (χ1) is 17.5. The molecule has 0 aliphatic carbocycles. The summed E-state index contributed by atoms with van der Waals surface area (Å²) in [5.41, 5.74) is 8.33. The maximum absolute atomic E-state index is 14.1. The molecule has 10 nitrogen and oxygen atoms in total. The van der Waals surface area contributed by atoms with Gasteiger partial charge in [-0.15, -0.1) is 0 Å². The summed E-state index contributed by atoms with van der Waals surface area (Å²) in [5.74, 6) is 0.335. The number of rotatable bonds is 5. The first kappa shape index (κ1) is 25.7. The van der Waals surface area contributed by atoms with Crippen LogP contribution in [0.4, 0.5) is 15.9 Å². The van der Waals surface area contributed by atoms with Gasteiger partial charge in [-0.05, 0) is 44.4 Å². The number of likely N-dealkylation sites (tertiary alicyclic amines) is 1. The number of aryl methyl sites for hydroxylation is 1. The molecule has 198 valence electrons. The lowest BCUT2D eigenvalue weighted by atomic mass is 9.98. The molecule has 4 heterocycles. The second-order valence-corrected chi connectivity index (χ2v) is 12.0. The van der Waals surface area contributed by atoms with E-state index < -0.39 is 22.2 Å². The summed E-state index contributed by atoms with van der Waals surface area (Å²) >= 11 is 6.17. The van der Waals surface area contributed by atoms with Crippen LogP contribution in [0.3, 0.4) is 0 Å². The van der Waals surface area contributed by atoms with Crippen LogP contribution in [-0.4, -0.2) is 71.9 Å². The van der Waals surface area contributed by atoms with Gasteiger partial charge in [-0.1, -0.05) is 11.6 Å². The number of nitrogens with zero attached hydrogens (tertiary/aromatic N) is 5. The highest BCUT2D eigenvalue weighted by Gasteiger charge is 2.34. The number of benzene rings is 1. The number of halogens is 2. The normalized spacial score (nSPS) is 22.6. The Labute approximate surface area is 219 Å². The van der Waals surface area contributed by atoms with Crippen molar-refractivity contribution in [3.05, 3.63) is 52.3 Å². The minimum atomic E-state index is -3.61. The van der Waals surface area contributed by atoms with Crippen molar-refractivity contribution in [2.75, 3.05) is 35.5 Å². The van der Waals surface area contributed by atoms with E-state index in [0.717, 1.165) is 24.7 Å². The Morgan fingerprint density at radius 2 is 2.03 bits per heavy atom. The number of hydrogen-bond donors (Lipinski definition) is 2. The lowest BCUT2D eigenvalue weighted by molar-refractivity contribution is 0.0607. The van der Waals surface area contributed by atoms with Gasteiger partial charge < -0.3 is 15.5 Å². The Morgan fingerprint density at radius 1 is 1.24 bits per heavy atom. The van der Waals surface area contributed by atoms with Gasteiger partial charge in [0.25, 0.3) is 5.91 Å². The standard InChI is InChI=1S/C24H29ClFN7O3S/c1-14-11-33-22(28-23(14)31-12-17(26)18(27)13-31)10-20(29-33)21-5-3-4-8-32(21)24(34)16-9-15(25)6-7-19(16)30-37(2,35)36/h6-7,9-11,17-18,21,30H,3-5,8,12-13,27H2,1-2H3. The highest BCUT2D eigenvalue weighted by molar-refractivity contribution is 7.92. The molecule has 5 rings (SSSR count). The van der Waals surface area contributed by atoms with Crippen molar-refractivity contribution in [2.24, 2.45) is 5.73 Å². The molecule has 1 amide bonds. The first-order valence-electron chi connectivity index (χ1n) is 12.1. The molecule has 0 spiro atoms. The molecule has 3 N–H and O–H groups in total. The molecule has 2 aliphatic rings. The Bertz CT molecular complexity index is 1450. The summed E-state index contributed by atoms with van der Waals surface area (Å²) < 4.78 is 41.9. The van der Waals surface area contributed by atoms with Gasteiger partial charge in [-0.3, -0.25) is 9.52 Å². The van der Waals surface area contributed by atoms with Gasteiger partial charge in [0.05, 0.1) is 41.8 Å². The smallest absolute Gasteiger partial charge is 0.256 e. The molecule has 0 radical (unpaired) electrons. The summed E-state index contributed by atoms with van der Waals surface area (Å²) in [4.78, 5) is 22.0. The molecule has 37 heavy (non-hydrogen) atoms. The Kier molecular flexibility index (Phi) is 6.75. The molecule has 2 aliphatic heterocycles. The molecular weight excluding hydrogens is 521 g/mol. The van der Waals surface area contributed by atoms with Gasteiger partial charge >= 0.3 is 0 Å². The van der Waals surface area contributed by atoms with Gasteiger partial charge in [-0.25, -0.2) is 22.3 Å². The molecular formula is C24H29ClFN7O3S. The Morgan fingerprint density at radius 3 is 2.73 bits per heavy atom. The zero-order chi connectivity index (χ0) is 26.5. The van der Waals surface area contributed by atoms with Crippen molar-refractivity contribution in [1.82, 2.24) is 19.5 Å². The number of fused-ring (bicyclic) bond motifs is 1. The molecule has 2 aromatic heterocycles. The number of alkyl halides is 1. The van der Waals surface area contributed by atoms with Crippen LogP contribution in [0.1, 0.15) is 46.9 Å². The van der Waals surface area contributed by atoms with Crippen LogP contribution in [0, 0.1) is 6.92 Å². The molecule has 3 atom stereocenters. The molecule has 3 aromatic rings. The van der Waals surface area contributed by atoms with Crippen molar-refractivity contribution in [2.45, 2.75) is 44.4 Å². The summed E-state index contributed by atoms with van der Waals surface area (Å²) in [6.07, 6.45) is 4.19. The van der Waals surface area contributed by atoms with Crippen LogP contribution in [0.2, 0.25) is 5.02 Å². The van der Waals surface area contributed by atoms with Crippen LogP contribution >= 0.6 is 11.6 Å². The fraction of sp³-hybridized carbons (Fsp3) is 0.458. The number of hydrogen-bond acceptors (Lipinski definition) is 7. The third-order valence-corrected chi connectivity index (χ3v) is 7.65. The summed E-state index contributed by atoms with van der Waals surface area (Å²) in [5, 5.41) is 5.05. The SMILES string of the molecule is Cc1cn2nc(C3CCCCN3C(=O)c3cc(Cl)ccc3NS(C)(=O)=O)cc2nc1N1CC(N)C(F)C1. The van der Waals surface area contributed by atoms with E-state index in [-0.39, 0.29) is 29.7 Å². The highest BCUT2D eigenvalue weighted by atomic mass is 35.5. The van der Waals surface area contributed by atoms with E-state index in [1.807, 2.05) is 24.1 Å². The number of piperidine rings is 1. The van der Waals surface area contributed by atoms with E-state index in [1.165, 1.54) is 18.2 Å². The third kappa shape index (κ3) is 5.23. The Hall–Kier alpha value is -2.96. The molecule has 3 unspecified atom stereocenters. The van der Waals surface area contributed by atoms with E-state index in [1.54, 1.807) is 9.42 Å². The predicted molar refractivity (Wildman–Crippen MR) is 140 cm³/mol. The number of amides is 1. The second kappa shape index (κ2) is 9.73. The van der Waals surface area contributed by atoms with Gasteiger partial charge in [-0.2, -0.15) is 5.10 Å². The average Bonchev–Trinajstić information content (AvgIpc) is 3.40. The Balaban J connectivity index is 1.48. The van der Waals surface area contributed by atoms with E-state index in [2.05, 4.69) is 4.72 Å². The quantitative estimate of drug-likeness (QED) is 0.501. The summed E-state index contributed by atoms with van der Waals surface area (Å²) in [6, 6.07) is 5.46. The number of nitrogens with one attached hydrogen (secondary N) is 1. The highest BCUT2D eigenvalue weighted by Crippen LogP contribution is 2.34. The van der Waals surface area contributed by atoms with E-state index in [4.69, 9.17) is 27.4 Å². The number of sulfonamides is 1. The average molecular weight is 550 g/mol. The van der Waals surface area contributed by atoms with Crippen LogP contribution in [0.5, 0.6) is 0 Å². The number of carbonyl (C=O) groups is 1. The van der Waals surface area contributed by atoms with Crippen molar-refractivity contribution in [3.8, 4) is 0 Å². The minimum absolute atomic E-state index is 0.174. The zero-order valence-electron chi connectivity index (χ0n) is 20.6. The number of carbonyl (C=O) groups excluding carboxylic acids is 1. The molecule has 13 heteroatoms. The van der Waals surface area contributed by atoms with Crippen LogP contribution in [-0.2, 0) is 10.0 Å². The maximum atomic E-state index is 14.1. The maximum Gasteiger partial charge on any atom is 0.256 e. The fourth-order valence-corrected chi connectivity index (χ4v) is 5.83. The number of aromatic nitrogens is 3. The van der Waals surface area contributed by atoms with E-state index in [0.29, 0.717) is 41.7 Å². The van der Waals surface area contributed by atoms with Crippen LogP contribution < -0.4 is 15.4 Å². The minimum Gasteiger partial charge on any atom is -0.352 e. The molecule has 2 saturated heterocycles. The third-order valence-electron chi connectivity index (χ3n) is 6.83. The number of nitrogens with two attached hydrogens (primary N) is 1. The molecule has 1 aromatic carbocycles. The van der Waals surface area contributed by atoms with Gasteiger partial charge in [0.2, 0.25) is 10.0 Å². The first-order valence-corrected chi connectivity index (χ1v) is 14.4. The van der Waals surface area contributed by atoms with Crippen molar-refractivity contribution in [3.63, 3.8) is 0 Å². The van der Waals surface area contributed by atoms with Crippen LogP contribution in [0.25, 0.3) is 5.65 Å². The largest absolute Gasteiger partial charge is 0.352 e. The van der Waals surface area contributed by atoms with Crippen molar-refractivity contribution >= 4 is 44.7 Å². The monoisotopic (exact) mass is 549 g/mol. The summed E-state index contributed by atoms with van der Waals surface area (Å²) in [6.45, 7) is 2.97. The van der Waals surface area contributed by atoms with E-state index >= 15 is 0 Å². The van der Waals surface area contributed by atoms with Gasteiger partial charge in [0.15, 0.2) is 5.65 Å². The topological polar surface area (TPSA) is 126 Å². The van der Waals surface area contributed by atoms with Crippen molar-refractivity contribution in [1.29, 1.82) is 0 Å². The van der Waals surface area contributed by atoms with E-state index in [9.17, 15) is 17.6 Å². The zero-order valence-corrected chi connectivity index (χ0v) is 22.1. The number of anilines is 2. The fourth-order valence-electron chi connectivity index (χ4n) is 5.08. The second-order valence-electron chi connectivity index (χ2n) is 9.78. The van der Waals surface area contributed by atoms with Crippen molar-refractivity contribution < 1.29 is 17.6 Å². The molecule has 2 fully saturated rings. The lowest BCUT2D eigenvalue weighted by Crippen LogP contribution is -2.39. The van der Waals surface area contributed by atoms with Gasteiger partial charge in [0.1, 0.15) is 12.0 Å². The lowest BCUT2D eigenvalue weighted by Gasteiger charge is -2.35.